The first kappa shape index (κ1) is 20.9. The zero-order valence-electron chi connectivity index (χ0n) is 18.1. The van der Waals surface area contributed by atoms with Gasteiger partial charge in [-0.1, -0.05) is 26.0 Å². The smallest absolute Gasteiger partial charge is 0.410 e. The van der Waals surface area contributed by atoms with Crippen molar-refractivity contribution in [2.75, 3.05) is 11.9 Å². The molecule has 2 amide bonds. The highest BCUT2D eigenvalue weighted by Crippen LogP contribution is 2.25. The van der Waals surface area contributed by atoms with Gasteiger partial charge in [-0.2, -0.15) is 5.10 Å². The van der Waals surface area contributed by atoms with Gasteiger partial charge in [-0.15, -0.1) is 0 Å². The molecule has 1 aliphatic heterocycles. The molecular formula is C22H30N4O3. The van der Waals surface area contributed by atoms with Crippen LogP contribution in [0.25, 0.3) is 0 Å². The second kappa shape index (κ2) is 7.89. The zero-order valence-corrected chi connectivity index (χ0v) is 18.1. The van der Waals surface area contributed by atoms with Crippen LogP contribution in [-0.4, -0.2) is 38.8 Å². The lowest BCUT2D eigenvalue weighted by molar-refractivity contribution is 0.0222. The second-order valence-corrected chi connectivity index (χ2v) is 8.78. The maximum Gasteiger partial charge on any atom is 0.410 e. The Bertz CT molecular complexity index is 907. The molecule has 1 N–H and O–H groups in total. The Kier molecular flexibility index (Phi) is 5.68. The number of aromatic nitrogens is 2. The van der Waals surface area contributed by atoms with Gasteiger partial charge >= 0.3 is 6.09 Å². The van der Waals surface area contributed by atoms with Gasteiger partial charge in [0.25, 0.3) is 5.91 Å². The standard InChI is InChI=1S/C22H30N4O3/c1-14(2)15-7-9-16(10-8-15)23-20(27)19-17-13-26(21(28)29-22(3,4)5)12-11-18(17)24-25(19)6/h7-10,14H,11-13H2,1-6H3,(H,23,27). The summed E-state index contributed by atoms with van der Waals surface area (Å²) in [7, 11) is 1.76. The predicted octanol–water partition coefficient (Wildman–Crippen LogP) is 4.09. The van der Waals surface area contributed by atoms with Crippen LogP contribution in [0, 0.1) is 0 Å². The van der Waals surface area contributed by atoms with Crippen LogP contribution in [0.4, 0.5) is 10.5 Å². The fourth-order valence-corrected chi connectivity index (χ4v) is 3.41. The van der Waals surface area contributed by atoms with E-state index in [2.05, 4.69) is 24.3 Å². The average Bonchev–Trinajstić information content (AvgIpc) is 2.95. The van der Waals surface area contributed by atoms with E-state index in [1.807, 2.05) is 45.0 Å². The SMILES string of the molecule is CC(C)c1ccc(NC(=O)c2c3c(nn2C)CCN(C(=O)OC(C)(C)C)C3)cc1. The molecule has 156 valence electrons. The Hall–Kier alpha value is -2.83. The molecule has 0 unspecified atom stereocenters. The maximum absolute atomic E-state index is 13.0. The summed E-state index contributed by atoms with van der Waals surface area (Å²) in [6, 6.07) is 7.85. The highest BCUT2D eigenvalue weighted by molar-refractivity contribution is 6.04. The van der Waals surface area contributed by atoms with E-state index in [0.717, 1.165) is 16.9 Å². The number of benzene rings is 1. The third kappa shape index (κ3) is 4.78. The molecule has 29 heavy (non-hydrogen) atoms. The number of nitrogens with one attached hydrogen (secondary N) is 1. The lowest BCUT2D eigenvalue weighted by Crippen LogP contribution is -2.40. The van der Waals surface area contributed by atoms with Gasteiger partial charge in [-0.05, 0) is 44.4 Å². The maximum atomic E-state index is 13.0. The topological polar surface area (TPSA) is 76.5 Å². The van der Waals surface area contributed by atoms with Crippen molar-refractivity contribution in [1.29, 1.82) is 0 Å². The Labute approximate surface area is 172 Å². The van der Waals surface area contributed by atoms with Crippen LogP contribution < -0.4 is 5.32 Å². The molecule has 1 aliphatic rings. The summed E-state index contributed by atoms with van der Waals surface area (Å²) in [5, 5.41) is 7.45. The molecule has 3 rings (SSSR count). The van der Waals surface area contributed by atoms with Crippen LogP contribution in [0.3, 0.4) is 0 Å². The minimum Gasteiger partial charge on any atom is -0.444 e. The van der Waals surface area contributed by atoms with E-state index < -0.39 is 5.60 Å². The van der Waals surface area contributed by atoms with E-state index in [1.54, 1.807) is 16.6 Å². The summed E-state index contributed by atoms with van der Waals surface area (Å²) >= 11 is 0. The van der Waals surface area contributed by atoms with Gasteiger partial charge in [0.2, 0.25) is 0 Å². The van der Waals surface area contributed by atoms with Crippen molar-refractivity contribution >= 4 is 17.7 Å². The van der Waals surface area contributed by atoms with Crippen LogP contribution in [0.2, 0.25) is 0 Å². The monoisotopic (exact) mass is 398 g/mol. The van der Waals surface area contributed by atoms with Crippen LogP contribution in [-0.2, 0) is 24.8 Å². The number of hydrogen-bond acceptors (Lipinski definition) is 4. The quantitative estimate of drug-likeness (QED) is 0.845. The van der Waals surface area contributed by atoms with Crippen molar-refractivity contribution in [1.82, 2.24) is 14.7 Å². The minimum atomic E-state index is -0.561. The lowest BCUT2D eigenvalue weighted by atomic mass is 10.0. The van der Waals surface area contributed by atoms with Crippen molar-refractivity contribution in [2.24, 2.45) is 7.05 Å². The van der Waals surface area contributed by atoms with Crippen molar-refractivity contribution in [3.63, 3.8) is 0 Å². The van der Waals surface area contributed by atoms with Gasteiger partial charge < -0.3 is 15.0 Å². The van der Waals surface area contributed by atoms with Gasteiger partial charge in [0.1, 0.15) is 11.3 Å². The van der Waals surface area contributed by atoms with Gasteiger partial charge in [0.15, 0.2) is 0 Å². The first-order valence-corrected chi connectivity index (χ1v) is 9.99. The largest absolute Gasteiger partial charge is 0.444 e. The normalized spacial score (nSPS) is 14.0. The fraction of sp³-hybridized carbons (Fsp3) is 0.500. The molecule has 0 saturated carbocycles. The molecule has 7 heteroatoms. The van der Waals surface area contributed by atoms with Crippen LogP contribution in [0.15, 0.2) is 24.3 Å². The van der Waals surface area contributed by atoms with E-state index in [4.69, 9.17) is 4.74 Å². The van der Waals surface area contributed by atoms with Crippen LogP contribution >= 0.6 is 0 Å². The van der Waals surface area contributed by atoms with E-state index in [-0.39, 0.29) is 12.0 Å². The fourth-order valence-electron chi connectivity index (χ4n) is 3.41. The molecule has 0 spiro atoms. The third-order valence-corrected chi connectivity index (χ3v) is 4.90. The van der Waals surface area contributed by atoms with Gasteiger partial charge in [-0.25, -0.2) is 4.79 Å². The average molecular weight is 399 g/mol. The van der Waals surface area contributed by atoms with Crippen molar-refractivity contribution in [2.45, 2.75) is 59.1 Å². The summed E-state index contributed by atoms with van der Waals surface area (Å²) in [5.74, 6) is 0.201. The number of nitrogens with zero attached hydrogens (tertiary/aromatic N) is 3. The van der Waals surface area contributed by atoms with Gasteiger partial charge in [0.05, 0.1) is 12.2 Å². The minimum absolute atomic E-state index is 0.232. The number of amides is 2. The van der Waals surface area contributed by atoms with Crippen LogP contribution in [0.5, 0.6) is 0 Å². The molecule has 1 aromatic heterocycles. The molecule has 2 heterocycles. The number of anilines is 1. The van der Waals surface area contributed by atoms with Gasteiger partial charge in [0, 0.05) is 31.3 Å². The first-order valence-electron chi connectivity index (χ1n) is 9.99. The molecule has 0 saturated heterocycles. The number of ether oxygens (including phenoxy) is 1. The van der Waals surface area contributed by atoms with Crippen molar-refractivity contribution in [3.05, 3.63) is 46.8 Å². The summed E-state index contributed by atoms with van der Waals surface area (Å²) in [6.07, 6.45) is 0.223. The van der Waals surface area contributed by atoms with E-state index in [1.165, 1.54) is 5.56 Å². The Morgan fingerprint density at radius 3 is 2.41 bits per heavy atom. The predicted molar refractivity (Wildman–Crippen MR) is 112 cm³/mol. The third-order valence-electron chi connectivity index (χ3n) is 4.90. The summed E-state index contributed by atoms with van der Waals surface area (Å²) < 4.78 is 7.08. The number of hydrogen-bond donors (Lipinski definition) is 1. The lowest BCUT2D eigenvalue weighted by Gasteiger charge is -2.29. The molecule has 0 atom stereocenters. The first-order chi connectivity index (χ1) is 13.5. The molecule has 0 fully saturated rings. The molecule has 0 radical (unpaired) electrons. The zero-order chi connectivity index (χ0) is 21.3. The Morgan fingerprint density at radius 1 is 1.17 bits per heavy atom. The Morgan fingerprint density at radius 2 is 1.83 bits per heavy atom. The highest BCUT2D eigenvalue weighted by Gasteiger charge is 2.31. The highest BCUT2D eigenvalue weighted by atomic mass is 16.6. The molecule has 7 nitrogen and oxygen atoms in total. The molecule has 2 aromatic rings. The number of carbonyl (C=O) groups excluding carboxylic acids is 2. The van der Waals surface area contributed by atoms with Crippen LogP contribution in [0.1, 0.15) is 67.8 Å². The van der Waals surface area contributed by atoms with E-state index >= 15 is 0 Å². The molecular weight excluding hydrogens is 368 g/mol. The summed E-state index contributed by atoms with van der Waals surface area (Å²) in [4.78, 5) is 27.1. The molecule has 1 aromatic carbocycles. The molecule has 0 aliphatic carbocycles. The number of fused-ring (bicyclic) bond motifs is 1. The summed E-state index contributed by atoms with van der Waals surface area (Å²) in [5.41, 5.74) is 3.49. The van der Waals surface area contributed by atoms with E-state index in [0.29, 0.717) is 31.1 Å². The Balaban J connectivity index is 1.78. The number of rotatable bonds is 3. The van der Waals surface area contributed by atoms with Crippen molar-refractivity contribution < 1.29 is 14.3 Å². The van der Waals surface area contributed by atoms with E-state index in [9.17, 15) is 9.59 Å². The second-order valence-electron chi connectivity index (χ2n) is 8.78. The number of carbonyl (C=O) groups is 2. The number of aryl methyl sites for hydroxylation is 1. The van der Waals surface area contributed by atoms with Crippen molar-refractivity contribution in [3.8, 4) is 0 Å². The molecule has 0 bridgehead atoms. The van der Waals surface area contributed by atoms with Gasteiger partial charge in [-0.3, -0.25) is 9.48 Å². The summed E-state index contributed by atoms with van der Waals surface area (Å²) in [6.45, 7) is 10.6.